The van der Waals surface area contributed by atoms with Crippen LogP contribution < -0.4 is 4.90 Å². The van der Waals surface area contributed by atoms with Crippen LogP contribution in [0.25, 0.3) is 0 Å². The number of amides is 2. The van der Waals surface area contributed by atoms with Crippen LogP contribution in [-0.2, 0) is 15.8 Å². The molecule has 128 valence electrons. The minimum atomic E-state index is -4.50. The Morgan fingerprint density at radius 2 is 1.79 bits per heavy atom. The summed E-state index contributed by atoms with van der Waals surface area (Å²) in [4.78, 5) is 26.7. The van der Waals surface area contributed by atoms with Crippen LogP contribution >= 0.6 is 0 Å². The highest BCUT2D eigenvalue weighted by Crippen LogP contribution is 2.55. The van der Waals surface area contributed by atoms with Gasteiger partial charge in [0.1, 0.15) is 0 Å². The van der Waals surface area contributed by atoms with Crippen LogP contribution in [0, 0.1) is 29.6 Å². The zero-order valence-electron chi connectivity index (χ0n) is 13.2. The van der Waals surface area contributed by atoms with Gasteiger partial charge in [-0.25, -0.2) is 0 Å². The predicted molar refractivity (Wildman–Crippen MR) is 80.9 cm³/mol. The Bertz CT molecular complexity index is 714. The second-order valence-electron chi connectivity index (χ2n) is 7.33. The lowest BCUT2D eigenvalue weighted by Gasteiger charge is -2.46. The fourth-order valence-corrected chi connectivity index (χ4v) is 5.05. The standard InChI is InChI=1S/C18H18F3NO2/c1-9-7-10-5-6-13(9)15-14(10)16(23)22(17(15)24)12-4-2-3-11(8-12)18(19,20)21/h2-4,8-10,13-15H,5-7H2,1H3/t9-,10?,13?,14-,15+/m0/s1. The van der Waals surface area contributed by atoms with Crippen LogP contribution in [0.3, 0.4) is 0 Å². The largest absolute Gasteiger partial charge is 0.416 e. The van der Waals surface area contributed by atoms with E-state index in [4.69, 9.17) is 0 Å². The van der Waals surface area contributed by atoms with Crippen LogP contribution in [0.4, 0.5) is 18.9 Å². The number of rotatable bonds is 1. The molecule has 2 amide bonds. The molecule has 1 aliphatic heterocycles. The molecule has 0 aromatic heterocycles. The van der Waals surface area contributed by atoms with Gasteiger partial charge < -0.3 is 0 Å². The summed E-state index contributed by atoms with van der Waals surface area (Å²) in [6.07, 6.45) is -1.70. The first-order valence-electron chi connectivity index (χ1n) is 8.34. The van der Waals surface area contributed by atoms with Gasteiger partial charge in [0, 0.05) is 0 Å². The fourth-order valence-electron chi connectivity index (χ4n) is 5.05. The number of alkyl halides is 3. The number of hydrogen-bond donors (Lipinski definition) is 0. The average Bonchev–Trinajstić information content (AvgIpc) is 2.80. The highest BCUT2D eigenvalue weighted by molar-refractivity contribution is 6.22. The van der Waals surface area contributed by atoms with Crippen molar-refractivity contribution in [1.82, 2.24) is 0 Å². The summed E-state index contributed by atoms with van der Waals surface area (Å²) in [5.41, 5.74) is -0.798. The Kier molecular flexibility index (Phi) is 3.31. The zero-order chi connectivity index (χ0) is 17.2. The summed E-state index contributed by atoms with van der Waals surface area (Å²) in [7, 11) is 0. The van der Waals surface area contributed by atoms with E-state index in [0.29, 0.717) is 5.92 Å². The molecule has 1 aromatic carbocycles. The van der Waals surface area contributed by atoms with Gasteiger partial charge in [-0.2, -0.15) is 13.2 Å². The van der Waals surface area contributed by atoms with Gasteiger partial charge in [0.25, 0.3) is 0 Å². The van der Waals surface area contributed by atoms with Crippen LogP contribution in [0.2, 0.25) is 0 Å². The lowest BCUT2D eigenvalue weighted by atomic mass is 9.56. The van der Waals surface area contributed by atoms with E-state index >= 15 is 0 Å². The summed E-state index contributed by atoms with van der Waals surface area (Å²) < 4.78 is 38.8. The molecule has 4 fully saturated rings. The topological polar surface area (TPSA) is 37.4 Å². The first-order chi connectivity index (χ1) is 11.3. The van der Waals surface area contributed by atoms with Gasteiger partial charge in [-0.15, -0.1) is 0 Å². The number of imide groups is 1. The number of hydrogen-bond acceptors (Lipinski definition) is 2. The second-order valence-corrected chi connectivity index (χ2v) is 7.33. The number of carbonyl (C=O) groups is 2. The van der Waals surface area contributed by atoms with Crippen molar-refractivity contribution in [2.24, 2.45) is 29.6 Å². The summed E-state index contributed by atoms with van der Waals surface area (Å²) in [6, 6.07) is 4.51. The van der Waals surface area contributed by atoms with E-state index in [1.54, 1.807) is 0 Å². The minimum absolute atomic E-state index is 0.0429. The molecule has 6 heteroatoms. The SMILES string of the molecule is C[C@H]1CC2CCC1[C@H]1C(=O)N(c3cccc(C(F)(F)F)c3)C(=O)[C@@H]21. The maximum Gasteiger partial charge on any atom is 0.416 e. The van der Waals surface area contributed by atoms with Crippen molar-refractivity contribution >= 4 is 17.5 Å². The third kappa shape index (κ3) is 2.11. The molecule has 2 unspecified atom stereocenters. The molecule has 5 atom stereocenters. The van der Waals surface area contributed by atoms with Crippen LogP contribution in [0.1, 0.15) is 31.7 Å². The quantitative estimate of drug-likeness (QED) is 0.730. The van der Waals surface area contributed by atoms with Gasteiger partial charge >= 0.3 is 6.18 Å². The predicted octanol–water partition coefficient (Wildman–Crippen LogP) is 3.88. The maximum absolute atomic E-state index is 12.9. The molecule has 1 aromatic rings. The van der Waals surface area contributed by atoms with Gasteiger partial charge in [0.15, 0.2) is 0 Å². The first kappa shape index (κ1) is 15.7. The number of halogens is 3. The fraction of sp³-hybridized carbons (Fsp3) is 0.556. The van der Waals surface area contributed by atoms with Gasteiger partial charge in [-0.1, -0.05) is 13.0 Å². The molecule has 0 radical (unpaired) electrons. The van der Waals surface area contributed by atoms with Crippen molar-refractivity contribution in [2.45, 2.75) is 32.4 Å². The smallest absolute Gasteiger partial charge is 0.274 e. The normalized spacial score (nSPS) is 35.5. The van der Waals surface area contributed by atoms with Gasteiger partial charge in [0.05, 0.1) is 23.1 Å². The van der Waals surface area contributed by atoms with Crippen LogP contribution in [0.5, 0.6) is 0 Å². The van der Waals surface area contributed by atoms with Gasteiger partial charge in [-0.3, -0.25) is 14.5 Å². The van der Waals surface area contributed by atoms with Gasteiger partial charge in [-0.05, 0) is 55.2 Å². The third-order valence-electron chi connectivity index (χ3n) is 6.08. The molecular formula is C18H18F3NO2. The highest BCUT2D eigenvalue weighted by Gasteiger charge is 2.60. The van der Waals surface area contributed by atoms with Crippen LogP contribution in [-0.4, -0.2) is 11.8 Å². The Morgan fingerprint density at radius 1 is 1.08 bits per heavy atom. The van der Waals surface area contributed by atoms with E-state index in [2.05, 4.69) is 6.92 Å². The molecule has 1 saturated heterocycles. The molecule has 3 aliphatic carbocycles. The Morgan fingerprint density at radius 3 is 2.46 bits per heavy atom. The number of carbonyl (C=O) groups excluding carboxylic acids is 2. The molecule has 0 N–H and O–H groups in total. The maximum atomic E-state index is 12.9. The Labute approximate surface area is 137 Å². The Balaban J connectivity index is 1.73. The molecule has 24 heavy (non-hydrogen) atoms. The van der Waals surface area contributed by atoms with Crippen molar-refractivity contribution in [3.63, 3.8) is 0 Å². The molecule has 3 nitrogen and oxygen atoms in total. The first-order valence-corrected chi connectivity index (χ1v) is 8.34. The van der Waals surface area contributed by atoms with Crippen molar-refractivity contribution in [3.05, 3.63) is 29.8 Å². The lowest BCUT2D eigenvalue weighted by Crippen LogP contribution is -2.45. The van der Waals surface area contributed by atoms with E-state index in [9.17, 15) is 22.8 Å². The number of nitrogens with zero attached hydrogens (tertiary/aromatic N) is 1. The Hall–Kier alpha value is -1.85. The molecule has 3 saturated carbocycles. The highest BCUT2D eigenvalue weighted by atomic mass is 19.4. The molecule has 2 bridgehead atoms. The average molecular weight is 337 g/mol. The van der Waals surface area contributed by atoms with E-state index in [-0.39, 0.29) is 41.2 Å². The molecule has 4 aliphatic rings. The van der Waals surface area contributed by atoms with Gasteiger partial charge in [0.2, 0.25) is 11.8 Å². The molecular weight excluding hydrogens is 319 g/mol. The molecule has 1 heterocycles. The van der Waals surface area contributed by atoms with Crippen molar-refractivity contribution in [1.29, 1.82) is 0 Å². The van der Waals surface area contributed by atoms with Crippen molar-refractivity contribution in [2.75, 3.05) is 4.90 Å². The number of benzene rings is 1. The van der Waals surface area contributed by atoms with Crippen molar-refractivity contribution in [3.8, 4) is 0 Å². The minimum Gasteiger partial charge on any atom is -0.274 e. The van der Waals surface area contributed by atoms with E-state index in [0.717, 1.165) is 36.3 Å². The summed E-state index contributed by atoms with van der Waals surface area (Å²) in [6.45, 7) is 2.11. The third-order valence-corrected chi connectivity index (χ3v) is 6.08. The summed E-state index contributed by atoms with van der Waals surface area (Å²) in [5.74, 6) is -0.578. The summed E-state index contributed by atoms with van der Waals surface area (Å²) >= 11 is 0. The zero-order valence-corrected chi connectivity index (χ0v) is 13.2. The van der Waals surface area contributed by atoms with Crippen molar-refractivity contribution < 1.29 is 22.8 Å². The van der Waals surface area contributed by atoms with E-state index < -0.39 is 11.7 Å². The number of fused-ring (bicyclic) bond motifs is 2. The van der Waals surface area contributed by atoms with E-state index in [1.807, 2.05) is 0 Å². The lowest BCUT2D eigenvalue weighted by molar-refractivity contribution is -0.137. The second kappa shape index (κ2) is 5.07. The number of anilines is 1. The monoisotopic (exact) mass is 337 g/mol. The summed E-state index contributed by atoms with van der Waals surface area (Å²) in [5, 5.41) is 0. The van der Waals surface area contributed by atoms with Crippen LogP contribution in [0.15, 0.2) is 24.3 Å². The molecule has 0 spiro atoms. The molecule has 5 rings (SSSR count). The van der Waals surface area contributed by atoms with E-state index in [1.165, 1.54) is 12.1 Å².